The number of rotatable bonds is 8. The number of benzene rings is 2. The Morgan fingerprint density at radius 2 is 1.89 bits per heavy atom. The fourth-order valence-electron chi connectivity index (χ4n) is 3.40. The predicted molar refractivity (Wildman–Crippen MR) is 119 cm³/mol. The van der Waals surface area contributed by atoms with Crippen LogP contribution in [0.25, 0.3) is 0 Å². The first-order chi connectivity index (χ1) is 13.7. The zero-order chi connectivity index (χ0) is 19.8. The maximum Gasteiger partial charge on any atom is 0.173 e. The predicted octanol–water partition coefficient (Wildman–Crippen LogP) is 5.03. The van der Waals surface area contributed by atoms with Crippen molar-refractivity contribution < 1.29 is 9.47 Å². The third-order valence-electron chi connectivity index (χ3n) is 4.97. The third-order valence-corrected chi connectivity index (χ3v) is 5.33. The SMILES string of the molecule is CCOc1ccccc1NC(=S)N(Cc1ccc(CC)cc1)CC1CCCO1. The van der Waals surface area contributed by atoms with E-state index < -0.39 is 0 Å². The Balaban J connectivity index is 1.74. The number of hydrogen-bond donors (Lipinski definition) is 1. The maximum absolute atomic E-state index is 5.87. The van der Waals surface area contributed by atoms with Crippen LogP contribution in [0.1, 0.15) is 37.8 Å². The van der Waals surface area contributed by atoms with Crippen molar-refractivity contribution >= 4 is 23.0 Å². The Bertz CT molecular complexity index is 757. The summed E-state index contributed by atoms with van der Waals surface area (Å²) in [6.45, 7) is 7.17. The Morgan fingerprint density at radius 1 is 1.14 bits per heavy atom. The molecule has 0 aromatic heterocycles. The average molecular weight is 399 g/mol. The molecule has 1 saturated heterocycles. The Hall–Kier alpha value is -2.11. The largest absolute Gasteiger partial charge is 0.492 e. The molecule has 1 N–H and O–H groups in total. The summed E-state index contributed by atoms with van der Waals surface area (Å²) in [6, 6.07) is 16.7. The normalized spacial score (nSPS) is 16.0. The number of hydrogen-bond acceptors (Lipinski definition) is 3. The zero-order valence-electron chi connectivity index (χ0n) is 16.8. The number of thiocarbonyl (C=S) groups is 1. The first-order valence-electron chi connectivity index (χ1n) is 10.2. The zero-order valence-corrected chi connectivity index (χ0v) is 17.6. The molecular weight excluding hydrogens is 368 g/mol. The summed E-state index contributed by atoms with van der Waals surface area (Å²) in [5.74, 6) is 0.816. The van der Waals surface area contributed by atoms with Crippen molar-refractivity contribution in [3.63, 3.8) is 0 Å². The van der Waals surface area contributed by atoms with Crippen LogP contribution in [0.4, 0.5) is 5.69 Å². The lowest BCUT2D eigenvalue weighted by Gasteiger charge is -2.29. The molecule has 2 aromatic rings. The molecule has 0 amide bonds. The molecule has 0 bridgehead atoms. The molecular formula is C23H30N2O2S. The molecule has 0 spiro atoms. The van der Waals surface area contributed by atoms with E-state index in [4.69, 9.17) is 21.7 Å². The van der Waals surface area contributed by atoms with Crippen molar-refractivity contribution in [1.82, 2.24) is 4.90 Å². The summed E-state index contributed by atoms with van der Waals surface area (Å²) < 4.78 is 11.6. The molecule has 3 rings (SSSR count). The lowest BCUT2D eigenvalue weighted by atomic mass is 10.1. The van der Waals surface area contributed by atoms with Crippen LogP contribution in [0, 0.1) is 0 Å². The van der Waals surface area contributed by atoms with E-state index in [9.17, 15) is 0 Å². The fraction of sp³-hybridized carbons (Fsp3) is 0.435. The highest BCUT2D eigenvalue weighted by Gasteiger charge is 2.21. The summed E-state index contributed by atoms with van der Waals surface area (Å²) in [4.78, 5) is 2.20. The number of ether oxygens (including phenoxy) is 2. The number of para-hydroxylation sites is 2. The van der Waals surface area contributed by atoms with Crippen LogP contribution in [0.15, 0.2) is 48.5 Å². The molecule has 5 heteroatoms. The van der Waals surface area contributed by atoms with E-state index in [2.05, 4.69) is 41.4 Å². The number of nitrogens with one attached hydrogen (secondary N) is 1. The van der Waals surface area contributed by atoms with Crippen LogP contribution in [-0.2, 0) is 17.7 Å². The average Bonchev–Trinajstić information content (AvgIpc) is 3.23. The van der Waals surface area contributed by atoms with Crippen LogP contribution in [0.3, 0.4) is 0 Å². The van der Waals surface area contributed by atoms with Gasteiger partial charge in [0.05, 0.1) is 18.4 Å². The van der Waals surface area contributed by atoms with Gasteiger partial charge in [0.15, 0.2) is 5.11 Å². The highest BCUT2D eigenvalue weighted by atomic mass is 32.1. The summed E-state index contributed by atoms with van der Waals surface area (Å²) in [5, 5.41) is 4.09. The van der Waals surface area contributed by atoms with Crippen molar-refractivity contribution in [3.8, 4) is 5.75 Å². The van der Waals surface area contributed by atoms with E-state index in [1.165, 1.54) is 11.1 Å². The topological polar surface area (TPSA) is 33.7 Å². The van der Waals surface area contributed by atoms with Gasteiger partial charge in [-0.1, -0.05) is 43.3 Å². The van der Waals surface area contributed by atoms with Gasteiger partial charge in [-0.2, -0.15) is 0 Å². The highest BCUT2D eigenvalue weighted by molar-refractivity contribution is 7.80. The first kappa shape index (κ1) is 20.6. The number of aryl methyl sites for hydroxylation is 1. The van der Waals surface area contributed by atoms with E-state index in [1.54, 1.807) is 0 Å². The second kappa shape index (κ2) is 10.4. The molecule has 1 fully saturated rings. The van der Waals surface area contributed by atoms with Gasteiger partial charge in [-0.3, -0.25) is 0 Å². The Labute approximate surface area is 173 Å². The van der Waals surface area contributed by atoms with Crippen molar-refractivity contribution in [2.24, 2.45) is 0 Å². The van der Waals surface area contributed by atoms with Gasteiger partial charge < -0.3 is 19.7 Å². The lowest BCUT2D eigenvalue weighted by molar-refractivity contribution is 0.0905. The van der Waals surface area contributed by atoms with E-state index in [1.807, 2.05) is 31.2 Å². The monoisotopic (exact) mass is 398 g/mol. The van der Waals surface area contributed by atoms with Gasteiger partial charge in [0.1, 0.15) is 5.75 Å². The van der Waals surface area contributed by atoms with Crippen LogP contribution in [0.5, 0.6) is 5.75 Å². The van der Waals surface area contributed by atoms with Gasteiger partial charge in [-0.25, -0.2) is 0 Å². The molecule has 1 atom stereocenters. The molecule has 1 heterocycles. The highest BCUT2D eigenvalue weighted by Crippen LogP contribution is 2.25. The van der Waals surface area contributed by atoms with Gasteiger partial charge >= 0.3 is 0 Å². The second-order valence-electron chi connectivity index (χ2n) is 7.04. The summed E-state index contributed by atoms with van der Waals surface area (Å²) in [5.41, 5.74) is 3.49. The number of nitrogens with zero attached hydrogens (tertiary/aromatic N) is 1. The molecule has 1 aliphatic heterocycles. The van der Waals surface area contributed by atoms with Gasteiger partial charge in [-0.05, 0) is 61.7 Å². The molecule has 28 heavy (non-hydrogen) atoms. The Morgan fingerprint density at radius 3 is 2.57 bits per heavy atom. The Kier molecular flexibility index (Phi) is 7.69. The molecule has 2 aromatic carbocycles. The van der Waals surface area contributed by atoms with Gasteiger partial charge in [0.25, 0.3) is 0 Å². The molecule has 0 radical (unpaired) electrons. The van der Waals surface area contributed by atoms with E-state index in [0.29, 0.717) is 11.7 Å². The fourth-order valence-corrected chi connectivity index (χ4v) is 3.65. The minimum atomic E-state index is 0.233. The second-order valence-corrected chi connectivity index (χ2v) is 7.43. The molecule has 150 valence electrons. The van der Waals surface area contributed by atoms with Gasteiger partial charge in [-0.15, -0.1) is 0 Å². The molecule has 0 saturated carbocycles. The molecule has 0 aliphatic carbocycles. The molecule has 1 aliphatic rings. The first-order valence-corrected chi connectivity index (χ1v) is 10.6. The summed E-state index contributed by atoms with van der Waals surface area (Å²) >= 11 is 5.79. The summed E-state index contributed by atoms with van der Waals surface area (Å²) in [6.07, 6.45) is 3.49. The third kappa shape index (κ3) is 5.69. The molecule has 4 nitrogen and oxygen atoms in total. The van der Waals surface area contributed by atoms with Crippen molar-refractivity contribution in [3.05, 3.63) is 59.7 Å². The van der Waals surface area contributed by atoms with Crippen LogP contribution in [-0.4, -0.2) is 35.9 Å². The van der Waals surface area contributed by atoms with Crippen molar-refractivity contribution in [2.45, 2.75) is 45.8 Å². The maximum atomic E-state index is 5.87. The van der Waals surface area contributed by atoms with E-state index in [0.717, 1.165) is 50.4 Å². The van der Waals surface area contributed by atoms with Gasteiger partial charge in [0.2, 0.25) is 0 Å². The standard InChI is InChI=1S/C23H30N2O2S/c1-3-18-11-13-19(14-12-18)16-25(17-20-8-7-15-27-20)23(28)24-21-9-5-6-10-22(21)26-4-2/h5-6,9-14,20H,3-4,7-8,15-17H2,1-2H3,(H,24,28). The lowest BCUT2D eigenvalue weighted by Crippen LogP contribution is -2.39. The smallest absolute Gasteiger partial charge is 0.173 e. The van der Waals surface area contributed by atoms with Crippen LogP contribution < -0.4 is 10.1 Å². The minimum Gasteiger partial charge on any atom is -0.492 e. The molecule has 1 unspecified atom stereocenters. The van der Waals surface area contributed by atoms with E-state index in [-0.39, 0.29) is 6.10 Å². The minimum absolute atomic E-state index is 0.233. The van der Waals surface area contributed by atoms with Crippen molar-refractivity contribution in [1.29, 1.82) is 0 Å². The van der Waals surface area contributed by atoms with Crippen LogP contribution >= 0.6 is 12.2 Å². The van der Waals surface area contributed by atoms with Crippen molar-refractivity contribution in [2.75, 3.05) is 25.1 Å². The van der Waals surface area contributed by atoms with Gasteiger partial charge in [0, 0.05) is 19.7 Å². The van der Waals surface area contributed by atoms with Crippen LogP contribution in [0.2, 0.25) is 0 Å². The van der Waals surface area contributed by atoms with E-state index >= 15 is 0 Å². The summed E-state index contributed by atoms with van der Waals surface area (Å²) in [7, 11) is 0. The number of anilines is 1. The quantitative estimate of drug-likeness (QED) is 0.631.